The van der Waals surface area contributed by atoms with Gasteiger partial charge in [0.15, 0.2) is 0 Å². The zero-order valence-electron chi connectivity index (χ0n) is 14.8. The molecule has 0 radical (unpaired) electrons. The SMILES string of the molecule is O=C(O)c1c(-c2ccccc2)c(-c2ccccc2)c2ccccc2c1C(=O)O. The molecule has 0 heterocycles. The topological polar surface area (TPSA) is 74.6 Å². The number of fused-ring (bicyclic) bond motifs is 1. The summed E-state index contributed by atoms with van der Waals surface area (Å²) in [7, 11) is 0. The zero-order chi connectivity index (χ0) is 19.7. The highest BCUT2D eigenvalue weighted by molar-refractivity contribution is 6.21. The van der Waals surface area contributed by atoms with Crippen molar-refractivity contribution >= 4 is 22.7 Å². The van der Waals surface area contributed by atoms with Crippen molar-refractivity contribution in [3.05, 3.63) is 96.1 Å². The highest BCUT2D eigenvalue weighted by Crippen LogP contribution is 2.43. The van der Waals surface area contributed by atoms with Gasteiger partial charge in [-0.15, -0.1) is 0 Å². The van der Waals surface area contributed by atoms with Crippen molar-refractivity contribution in [2.24, 2.45) is 0 Å². The molecule has 0 atom stereocenters. The molecule has 2 N–H and O–H groups in total. The Morgan fingerprint density at radius 1 is 0.500 bits per heavy atom. The number of rotatable bonds is 4. The minimum Gasteiger partial charge on any atom is -0.478 e. The average molecular weight is 368 g/mol. The van der Waals surface area contributed by atoms with E-state index in [1.807, 2.05) is 60.7 Å². The Morgan fingerprint density at radius 3 is 1.43 bits per heavy atom. The number of carboxylic acids is 2. The van der Waals surface area contributed by atoms with Crippen LogP contribution in [-0.2, 0) is 0 Å². The highest BCUT2D eigenvalue weighted by Gasteiger charge is 2.28. The molecular weight excluding hydrogens is 352 g/mol. The molecular formula is C24H16O4. The van der Waals surface area contributed by atoms with Gasteiger partial charge in [0.05, 0.1) is 11.1 Å². The predicted octanol–water partition coefficient (Wildman–Crippen LogP) is 5.57. The first kappa shape index (κ1) is 17.5. The monoisotopic (exact) mass is 368 g/mol. The number of benzene rings is 4. The summed E-state index contributed by atoms with van der Waals surface area (Å²) < 4.78 is 0. The number of carboxylic acid groups (broad SMARTS) is 2. The fraction of sp³-hybridized carbons (Fsp3) is 0. The molecule has 4 heteroatoms. The lowest BCUT2D eigenvalue weighted by molar-refractivity contribution is 0.0654. The van der Waals surface area contributed by atoms with E-state index in [0.29, 0.717) is 27.5 Å². The molecule has 0 saturated carbocycles. The predicted molar refractivity (Wildman–Crippen MR) is 109 cm³/mol. The van der Waals surface area contributed by atoms with E-state index in [2.05, 4.69) is 0 Å². The van der Waals surface area contributed by atoms with E-state index < -0.39 is 11.9 Å². The van der Waals surface area contributed by atoms with Crippen LogP contribution in [0.5, 0.6) is 0 Å². The van der Waals surface area contributed by atoms with Gasteiger partial charge < -0.3 is 10.2 Å². The van der Waals surface area contributed by atoms with Crippen LogP contribution in [0.15, 0.2) is 84.9 Å². The molecule has 4 rings (SSSR count). The van der Waals surface area contributed by atoms with Gasteiger partial charge in [0.1, 0.15) is 0 Å². The maximum absolute atomic E-state index is 12.3. The molecule has 0 aliphatic rings. The van der Waals surface area contributed by atoms with Gasteiger partial charge in [-0.1, -0.05) is 84.9 Å². The molecule has 0 aliphatic carbocycles. The third kappa shape index (κ3) is 2.81. The Labute approximate surface area is 161 Å². The molecule has 4 aromatic rings. The van der Waals surface area contributed by atoms with Crippen LogP contribution in [0.1, 0.15) is 20.7 Å². The normalized spacial score (nSPS) is 10.7. The van der Waals surface area contributed by atoms with Gasteiger partial charge in [-0.25, -0.2) is 9.59 Å². The number of aromatic carboxylic acids is 2. The van der Waals surface area contributed by atoms with Crippen molar-refractivity contribution in [1.82, 2.24) is 0 Å². The van der Waals surface area contributed by atoms with E-state index in [9.17, 15) is 19.8 Å². The molecule has 4 aromatic carbocycles. The second kappa shape index (κ2) is 7.00. The summed E-state index contributed by atoms with van der Waals surface area (Å²) in [6, 6.07) is 25.6. The van der Waals surface area contributed by atoms with Crippen LogP contribution in [-0.4, -0.2) is 22.2 Å². The zero-order valence-corrected chi connectivity index (χ0v) is 14.8. The first-order chi connectivity index (χ1) is 13.6. The van der Waals surface area contributed by atoms with Crippen LogP contribution in [0.25, 0.3) is 33.0 Å². The Balaban J connectivity index is 2.31. The average Bonchev–Trinajstić information content (AvgIpc) is 2.73. The van der Waals surface area contributed by atoms with Crippen molar-refractivity contribution in [3.8, 4) is 22.3 Å². The second-order valence-corrected chi connectivity index (χ2v) is 6.39. The summed E-state index contributed by atoms with van der Waals surface area (Å²) in [5, 5.41) is 21.0. The Bertz CT molecular complexity index is 1200. The summed E-state index contributed by atoms with van der Waals surface area (Å²) in [6.07, 6.45) is 0. The van der Waals surface area contributed by atoms with Crippen LogP contribution < -0.4 is 0 Å². The van der Waals surface area contributed by atoms with E-state index in [0.717, 1.165) is 5.56 Å². The van der Waals surface area contributed by atoms with Gasteiger partial charge in [-0.3, -0.25) is 0 Å². The van der Waals surface area contributed by atoms with Gasteiger partial charge in [0.25, 0.3) is 0 Å². The minimum atomic E-state index is -1.26. The van der Waals surface area contributed by atoms with E-state index >= 15 is 0 Å². The van der Waals surface area contributed by atoms with Gasteiger partial charge in [0, 0.05) is 5.56 Å². The summed E-state index contributed by atoms with van der Waals surface area (Å²) in [4.78, 5) is 24.4. The quantitative estimate of drug-likeness (QED) is 0.494. The first-order valence-electron chi connectivity index (χ1n) is 8.75. The van der Waals surface area contributed by atoms with Crippen molar-refractivity contribution in [2.45, 2.75) is 0 Å². The third-order valence-electron chi connectivity index (χ3n) is 4.77. The summed E-state index contributed by atoms with van der Waals surface area (Å²) in [5.74, 6) is -2.52. The van der Waals surface area contributed by atoms with Gasteiger partial charge in [0.2, 0.25) is 0 Å². The summed E-state index contributed by atoms with van der Waals surface area (Å²) in [5.41, 5.74) is 2.22. The fourth-order valence-corrected chi connectivity index (χ4v) is 3.67. The largest absolute Gasteiger partial charge is 0.478 e. The van der Waals surface area contributed by atoms with E-state index in [1.165, 1.54) is 0 Å². The molecule has 0 fully saturated rings. The van der Waals surface area contributed by atoms with Crippen molar-refractivity contribution in [3.63, 3.8) is 0 Å². The molecule has 136 valence electrons. The summed E-state index contributed by atoms with van der Waals surface area (Å²) >= 11 is 0. The number of carbonyl (C=O) groups is 2. The molecule has 28 heavy (non-hydrogen) atoms. The molecule has 4 nitrogen and oxygen atoms in total. The van der Waals surface area contributed by atoms with Crippen LogP contribution in [0.4, 0.5) is 0 Å². The molecule has 0 aliphatic heterocycles. The standard InChI is InChI=1S/C24H16O4/c25-23(26)21-18-14-8-7-13-17(18)19(15-9-3-1-4-10-15)20(22(21)24(27)28)16-11-5-2-6-12-16/h1-14H,(H,25,26)(H,27,28). The van der Waals surface area contributed by atoms with Gasteiger partial charge in [-0.05, 0) is 27.5 Å². The molecule has 0 amide bonds. The van der Waals surface area contributed by atoms with Crippen LogP contribution in [0.2, 0.25) is 0 Å². The minimum absolute atomic E-state index is 0.193. The molecule has 0 saturated heterocycles. The van der Waals surface area contributed by atoms with Gasteiger partial charge >= 0.3 is 11.9 Å². The number of hydrogen-bond acceptors (Lipinski definition) is 2. The Hall–Kier alpha value is -3.92. The van der Waals surface area contributed by atoms with E-state index in [1.54, 1.807) is 24.3 Å². The van der Waals surface area contributed by atoms with Crippen LogP contribution in [0.3, 0.4) is 0 Å². The molecule has 0 bridgehead atoms. The molecule has 0 unspecified atom stereocenters. The smallest absolute Gasteiger partial charge is 0.337 e. The van der Waals surface area contributed by atoms with Crippen LogP contribution >= 0.6 is 0 Å². The first-order valence-corrected chi connectivity index (χ1v) is 8.75. The lowest BCUT2D eigenvalue weighted by Crippen LogP contribution is -2.12. The summed E-state index contributed by atoms with van der Waals surface area (Å²) in [6.45, 7) is 0. The van der Waals surface area contributed by atoms with Gasteiger partial charge in [-0.2, -0.15) is 0 Å². The maximum Gasteiger partial charge on any atom is 0.337 e. The highest BCUT2D eigenvalue weighted by atomic mass is 16.4. The van der Waals surface area contributed by atoms with Crippen molar-refractivity contribution < 1.29 is 19.8 Å². The molecule has 0 aromatic heterocycles. The third-order valence-corrected chi connectivity index (χ3v) is 4.77. The lowest BCUT2D eigenvalue weighted by Gasteiger charge is -2.19. The lowest BCUT2D eigenvalue weighted by atomic mass is 9.83. The van der Waals surface area contributed by atoms with E-state index in [4.69, 9.17) is 0 Å². The Morgan fingerprint density at radius 2 is 0.929 bits per heavy atom. The van der Waals surface area contributed by atoms with Crippen LogP contribution in [0, 0.1) is 0 Å². The van der Waals surface area contributed by atoms with Crippen molar-refractivity contribution in [1.29, 1.82) is 0 Å². The second-order valence-electron chi connectivity index (χ2n) is 6.39. The fourth-order valence-electron chi connectivity index (χ4n) is 3.67. The van der Waals surface area contributed by atoms with Crippen molar-refractivity contribution in [2.75, 3.05) is 0 Å². The maximum atomic E-state index is 12.3. The number of hydrogen-bond donors (Lipinski definition) is 2. The Kier molecular flexibility index (Phi) is 4.38. The molecule has 0 spiro atoms. The van der Waals surface area contributed by atoms with E-state index in [-0.39, 0.29) is 11.1 Å².